The van der Waals surface area contributed by atoms with Crippen LogP contribution < -0.4 is 0 Å². The van der Waals surface area contributed by atoms with E-state index >= 15 is 0 Å². The number of alkyl halides is 1. The first-order valence-corrected chi connectivity index (χ1v) is 7.31. The molecule has 3 heteroatoms. The van der Waals surface area contributed by atoms with Gasteiger partial charge in [0.2, 0.25) is 0 Å². The van der Waals surface area contributed by atoms with Gasteiger partial charge in [0.05, 0.1) is 0 Å². The quantitative estimate of drug-likeness (QED) is 0.551. The minimum absolute atomic E-state index is 0.839. The summed E-state index contributed by atoms with van der Waals surface area (Å²) in [7, 11) is 0. The van der Waals surface area contributed by atoms with Crippen molar-refractivity contribution in [3.63, 3.8) is 0 Å². The van der Waals surface area contributed by atoms with Crippen LogP contribution in [0.15, 0.2) is 23.6 Å². The molecule has 0 N–H and O–H groups in total. The molecule has 0 atom stereocenters. The Morgan fingerprint density at radius 3 is 3.00 bits per heavy atom. The molecule has 0 aliphatic heterocycles. The third kappa shape index (κ3) is 2.23. The number of fused-ring (bicyclic) bond motifs is 1. The van der Waals surface area contributed by atoms with Crippen LogP contribution in [0.1, 0.15) is 12.0 Å². The average molecular weight is 337 g/mol. The average Bonchev–Trinajstić information content (AvgIpc) is 2.57. The number of hydrogen-bond acceptors (Lipinski definition) is 1. The molecule has 0 bridgehead atoms. The SMILES string of the molecule is Clc1ccc2scc(CCCI)c2c1. The minimum Gasteiger partial charge on any atom is -0.144 e. The second-order valence-corrected chi connectivity index (χ2v) is 5.62. The number of aryl methyl sites for hydroxylation is 1. The summed E-state index contributed by atoms with van der Waals surface area (Å²) >= 11 is 10.2. The summed E-state index contributed by atoms with van der Waals surface area (Å²) in [4.78, 5) is 0. The van der Waals surface area contributed by atoms with Gasteiger partial charge in [-0.15, -0.1) is 11.3 Å². The number of hydrogen-bond donors (Lipinski definition) is 0. The molecule has 0 spiro atoms. The topological polar surface area (TPSA) is 0 Å². The highest BCUT2D eigenvalue weighted by Gasteiger charge is 2.03. The molecule has 0 radical (unpaired) electrons. The summed E-state index contributed by atoms with van der Waals surface area (Å²) in [6, 6.07) is 6.15. The third-order valence-electron chi connectivity index (χ3n) is 2.20. The van der Waals surface area contributed by atoms with Crippen molar-refractivity contribution in [2.75, 3.05) is 4.43 Å². The van der Waals surface area contributed by atoms with E-state index in [0.29, 0.717) is 0 Å². The van der Waals surface area contributed by atoms with E-state index in [9.17, 15) is 0 Å². The summed E-state index contributed by atoms with van der Waals surface area (Å²) in [5.41, 5.74) is 1.45. The smallest absolute Gasteiger partial charge is 0.0413 e. The van der Waals surface area contributed by atoms with Crippen molar-refractivity contribution in [1.29, 1.82) is 0 Å². The standard InChI is InChI=1S/C11H10ClIS/c12-9-3-4-11-10(6-9)8(7-14-11)2-1-5-13/h3-4,6-7H,1-2,5H2. The Hall–Kier alpha value is 0.200. The molecule has 0 aliphatic rings. The molecule has 0 fully saturated rings. The van der Waals surface area contributed by atoms with Gasteiger partial charge in [0.15, 0.2) is 0 Å². The molecule has 0 aliphatic carbocycles. The molecule has 1 aromatic carbocycles. The molecular formula is C11H10ClIS. The zero-order valence-electron chi connectivity index (χ0n) is 7.59. The van der Waals surface area contributed by atoms with Crippen molar-refractivity contribution in [1.82, 2.24) is 0 Å². The van der Waals surface area contributed by atoms with Gasteiger partial charge in [0, 0.05) is 9.72 Å². The highest BCUT2D eigenvalue weighted by Crippen LogP contribution is 2.29. The van der Waals surface area contributed by atoms with E-state index in [0.717, 1.165) is 5.02 Å². The monoisotopic (exact) mass is 336 g/mol. The maximum atomic E-state index is 5.98. The summed E-state index contributed by atoms with van der Waals surface area (Å²) in [5, 5.41) is 4.44. The van der Waals surface area contributed by atoms with Gasteiger partial charge in [-0.05, 0) is 51.8 Å². The van der Waals surface area contributed by atoms with E-state index in [2.05, 4.69) is 40.1 Å². The van der Waals surface area contributed by atoms with Crippen molar-refractivity contribution in [2.24, 2.45) is 0 Å². The van der Waals surface area contributed by atoms with Crippen molar-refractivity contribution >= 4 is 55.6 Å². The molecule has 1 aromatic heterocycles. The van der Waals surface area contributed by atoms with E-state index < -0.39 is 0 Å². The second kappa shape index (κ2) is 4.81. The Morgan fingerprint density at radius 2 is 2.21 bits per heavy atom. The molecule has 74 valence electrons. The van der Waals surface area contributed by atoms with Crippen LogP contribution in [-0.2, 0) is 6.42 Å². The van der Waals surface area contributed by atoms with Crippen molar-refractivity contribution in [3.05, 3.63) is 34.2 Å². The Labute approximate surface area is 106 Å². The third-order valence-corrected chi connectivity index (χ3v) is 4.21. The number of thiophene rings is 1. The van der Waals surface area contributed by atoms with Gasteiger partial charge in [-0.1, -0.05) is 34.2 Å². The molecule has 0 unspecified atom stereocenters. The van der Waals surface area contributed by atoms with Crippen molar-refractivity contribution in [3.8, 4) is 0 Å². The molecule has 0 nitrogen and oxygen atoms in total. The predicted octanol–water partition coefficient (Wildman–Crippen LogP) is 4.92. The lowest BCUT2D eigenvalue weighted by molar-refractivity contribution is 0.958. The first-order chi connectivity index (χ1) is 6.81. The van der Waals surface area contributed by atoms with E-state index in [-0.39, 0.29) is 0 Å². The van der Waals surface area contributed by atoms with E-state index in [1.54, 1.807) is 0 Å². The summed E-state index contributed by atoms with van der Waals surface area (Å²) in [6.07, 6.45) is 2.42. The van der Waals surface area contributed by atoms with Gasteiger partial charge in [0.1, 0.15) is 0 Å². The maximum absolute atomic E-state index is 5.98. The van der Waals surface area contributed by atoms with Crippen LogP contribution in [-0.4, -0.2) is 4.43 Å². The Balaban J connectivity index is 2.40. The molecule has 14 heavy (non-hydrogen) atoms. The van der Waals surface area contributed by atoms with Crippen molar-refractivity contribution < 1.29 is 0 Å². The van der Waals surface area contributed by atoms with Gasteiger partial charge in [-0.2, -0.15) is 0 Å². The first kappa shape index (κ1) is 10.7. The molecule has 2 aromatic rings. The Morgan fingerprint density at radius 1 is 1.36 bits per heavy atom. The van der Waals surface area contributed by atoms with Crippen LogP contribution in [0.25, 0.3) is 10.1 Å². The van der Waals surface area contributed by atoms with E-state index in [4.69, 9.17) is 11.6 Å². The van der Waals surface area contributed by atoms with Crippen LogP contribution in [0.2, 0.25) is 5.02 Å². The van der Waals surface area contributed by atoms with Crippen LogP contribution in [0.4, 0.5) is 0 Å². The fourth-order valence-electron chi connectivity index (χ4n) is 1.50. The summed E-state index contributed by atoms with van der Waals surface area (Å²) < 4.78 is 2.56. The number of rotatable bonds is 3. The van der Waals surface area contributed by atoms with Crippen LogP contribution >= 0.6 is 45.5 Å². The lowest BCUT2D eigenvalue weighted by Crippen LogP contribution is -1.83. The van der Waals surface area contributed by atoms with Crippen LogP contribution in [0.3, 0.4) is 0 Å². The summed E-state index contributed by atoms with van der Waals surface area (Å²) in [5.74, 6) is 0. The molecule has 2 rings (SSSR count). The molecule has 0 amide bonds. The second-order valence-electron chi connectivity index (χ2n) is 3.19. The van der Waals surface area contributed by atoms with E-state index in [1.807, 2.05) is 17.4 Å². The molecular weight excluding hydrogens is 327 g/mol. The highest BCUT2D eigenvalue weighted by atomic mass is 127. The lowest BCUT2D eigenvalue weighted by Gasteiger charge is -1.97. The van der Waals surface area contributed by atoms with Gasteiger partial charge < -0.3 is 0 Å². The van der Waals surface area contributed by atoms with Gasteiger partial charge in [-0.25, -0.2) is 0 Å². The van der Waals surface area contributed by atoms with Gasteiger partial charge >= 0.3 is 0 Å². The first-order valence-electron chi connectivity index (χ1n) is 4.53. The van der Waals surface area contributed by atoms with E-state index in [1.165, 1.54) is 32.9 Å². The van der Waals surface area contributed by atoms with Crippen LogP contribution in [0, 0.1) is 0 Å². The predicted molar refractivity (Wildman–Crippen MR) is 74.0 cm³/mol. The fraction of sp³-hybridized carbons (Fsp3) is 0.273. The zero-order valence-corrected chi connectivity index (χ0v) is 11.3. The summed E-state index contributed by atoms with van der Waals surface area (Å²) in [6.45, 7) is 0. The largest absolute Gasteiger partial charge is 0.144 e. The van der Waals surface area contributed by atoms with Crippen molar-refractivity contribution in [2.45, 2.75) is 12.8 Å². The number of halogens is 2. The van der Waals surface area contributed by atoms with Gasteiger partial charge in [-0.3, -0.25) is 0 Å². The lowest BCUT2D eigenvalue weighted by atomic mass is 10.1. The normalized spacial score (nSPS) is 11.0. The molecule has 0 saturated carbocycles. The molecule has 0 saturated heterocycles. The maximum Gasteiger partial charge on any atom is 0.0413 e. The van der Waals surface area contributed by atoms with Gasteiger partial charge in [0.25, 0.3) is 0 Å². The highest BCUT2D eigenvalue weighted by molar-refractivity contribution is 14.1. The number of benzene rings is 1. The van der Waals surface area contributed by atoms with Crippen LogP contribution in [0.5, 0.6) is 0 Å². The Bertz CT molecular complexity index is 436. The fourth-order valence-corrected chi connectivity index (χ4v) is 3.04. The Kier molecular flexibility index (Phi) is 3.68. The zero-order chi connectivity index (χ0) is 9.97. The molecule has 1 heterocycles. The minimum atomic E-state index is 0.839.